The Bertz CT molecular complexity index is 424. The summed E-state index contributed by atoms with van der Waals surface area (Å²) in [5.74, 6) is 0.935. The summed E-state index contributed by atoms with van der Waals surface area (Å²) >= 11 is 6.02. The van der Waals surface area contributed by atoms with Crippen LogP contribution < -0.4 is 9.64 Å². The SMILES string of the molecule is CN1CCN2c3ccc(Cl)cc3OCC[C@H]2C1. The van der Waals surface area contributed by atoms with Gasteiger partial charge in [-0.1, -0.05) is 11.6 Å². The summed E-state index contributed by atoms with van der Waals surface area (Å²) < 4.78 is 5.81. The second-order valence-corrected chi connectivity index (χ2v) is 5.30. The number of piperazine rings is 1. The van der Waals surface area contributed by atoms with Gasteiger partial charge in [0.2, 0.25) is 0 Å². The van der Waals surface area contributed by atoms with Gasteiger partial charge in [-0.2, -0.15) is 0 Å². The zero-order valence-electron chi connectivity index (χ0n) is 10.0. The summed E-state index contributed by atoms with van der Waals surface area (Å²) in [7, 11) is 2.19. The molecule has 3 rings (SSSR count). The van der Waals surface area contributed by atoms with Crippen LogP contribution in [0.4, 0.5) is 5.69 Å². The van der Waals surface area contributed by atoms with Gasteiger partial charge < -0.3 is 14.5 Å². The quantitative estimate of drug-likeness (QED) is 0.704. The van der Waals surface area contributed by atoms with Gasteiger partial charge in [-0.3, -0.25) is 0 Å². The van der Waals surface area contributed by atoms with Crippen molar-refractivity contribution in [3.8, 4) is 5.75 Å². The van der Waals surface area contributed by atoms with Gasteiger partial charge in [0.1, 0.15) is 5.75 Å². The summed E-state index contributed by atoms with van der Waals surface area (Å²) in [6, 6.07) is 6.53. The van der Waals surface area contributed by atoms with Gasteiger partial charge >= 0.3 is 0 Å². The molecule has 4 heteroatoms. The molecule has 2 aliphatic rings. The Morgan fingerprint density at radius 2 is 2.24 bits per heavy atom. The predicted octanol–water partition coefficient (Wildman–Crippen LogP) is 2.24. The van der Waals surface area contributed by atoms with Gasteiger partial charge in [0.15, 0.2) is 0 Å². The van der Waals surface area contributed by atoms with Crippen LogP contribution in [0.3, 0.4) is 0 Å². The Kier molecular flexibility index (Phi) is 2.89. The van der Waals surface area contributed by atoms with Crippen molar-refractivity contribution in [3.05, 3.63) is 23.2 Å². The van der Waals surface area contributed by atoms with Crippen molar-refractivity contribution in [2.45, 2.75) is 12.5 Å². The highest BCUT2D eigenvalue weighted by molar-refractivity contribution is 6.30. The minimum Gasteiger partial charge on any atom is -0.491 e. The predicted molar refractivity (Wildman–Crippen MR) is 70.2 cm³/mol. The average Bonchev–Trinajstić information content (AvgIpc) is 2.47. The molecule has 0 aromatic heterocycles. The fourth-order valence-electron chi connectivity index (χ4n) is 2.72. The lowest BCUT2D eigenvalue weighted by atomic mass is 10.1. The van der Waals surface area contributed by atoms with E-state index in [1.54, 1.807) is 0 Å². The molecule has 2 heterocycles. The molecule has 1 aromatic carbocycles. The lowest BCUT2D eigenvalue weighted by Gasteiger charge is -2.40. The number of ether oxygens (including phenoxy) is 1. The van der Waals surface area contributed by atoms with Crippen molar-refractivity contribution in [1.29, 1.82) is 0 Å². The van der Waals surface area contributed by atoms with E-state index in [2.05, 4.69) is 22.9 Å². The van der Waals surface area contributed by atoms with Crippen LogP contribution in [-0.2, 0) is 0 Å². The van der Waals surface area contributed by atoms with E-state index in [0.717, 1.165) is 43.4 Å². The van der Waals surface area contributed by atoms with Gasteiger partial charge in [0, 0.05) is 43.2 Å². The van der Waals surface area contributed by atoms with Gasteiger partial charge in [0.05, 0.1) is 12.3 Å². The molecule has 0 bridgehead atoms. The third kappa shape index (κ3) is 2.09. The fraction of sp³-hybridized carbons (Fsp3) is 0.538. The molecule has 0 unspecified atom stereocenters. The minimum atomic E-state index is 0.566. The summed E-state index contributed by atoms with van der Waals surface area (Å²) in [4.78, 5) is 4.86. The smallest absolute Gasteiger partial charge is 0.144 e. The van der Waals surface area contributed by atoms with E-state index in [-0.39, 0.29) is 0 Å². The number of benzene rings is 1. The molecule has 0 amide bonds. The van der Waals surface area contributed by atoms with Gasteiger partial charge in [-0.15, -0.1) is 0 Å². The summed E-state index contributed by atoms with van der Waals surface area (Å²) in [6.07, 6.45) is 1.08. The van der Waals surface area contributed by atoms with Crippen molar-refractivity contribution in [2.75, 3.05) is 38.2 Å². The Balaban J connectivity index is 1.96. The number of halogens is 1. The molecule has 1 atom stereocenters. The molecular weight excluding hydrogens is 236 g/mol. The third-order valence-corrected chi connectivity index (χ3v) is 3.86. The molecule has 1 saturated heterocycles. The monoisotopic (exact) mass is 252 g/mol. The molecule has 0 aliphatic carbocycles. The average molecular weight is 253 g/mol. The first-order valence-corrected chi connectivity index (χ1v) is 6.49. The van der Waals surface area contributed by atoms with Crippen LogP contribution >= 0.6 is 11.6 Å². The van der Waals surface area contributed by atoms with Gasteiger partial charge in [-0.05, 0) is 19.2 Å². The zero-order chi connectivity index (χ0) is 11.8. The minimum absolute atomic E-state index is 0.566. The maximum atomic E-state index is 6.02. The Labute approximate surface area is 107 Å². The van der Waals surface area contributed by atoms with Crippen LogP contribution in [0.5, 0.6) is 5.75 Å². The Hall–Kier alpha value is -0.930. The van der Waals surface area contributed by atoms with Crippen molar-refractivity contribution < 1.29 is 4.74 Å². The van der Waals surface area contributed by atoms with Gasteiger partial charge in [-0.25, -0.2) is 0 Å². The molecule has 92 valence electrons. The molecule has 1 aromatic rings. The second kappa shape index (κ2) is 4.39. The molecule has 0 spiro atoms. The number of anilines is 1. The highest BCUT2D eigenvalue weighted by atomic mass is 35.5. The van der Waals surface area contributed by atoms with E-state index in [1.165, 1.54) is 5.69 Å². The first-order valence-electron chi connectivity index (χ1n) is 6.11. The fourth-order valence-corrected chi connectivity index (χ4v) is 2.88. The molecular formula is C13H17ClN2O. The lowest BCUT2D eigenvalue weighted by Crippen LogP contribution is -2.51. The van der Waals surface area contributed by atoms with Crippen LogP contribution in [0.15, 0.2) is 18.2 Å². The molecule has 0 radical (unpaired) electrons. The molecule has 3 nitrogen and oxygen atoms in total. The molecule has 0 N–H and O–H groups in total. The van der Waals surface area contributed by atoms with Crippen LogP contribution in [0.2, 0.25) is 5.02 Å². The highest BCUT2D eigenvalue weighted by Gasteiger charge is 2.29. The molecule has 17 heavy (non-hydrogen) atoms. The highest BCUT2D eigenvalue weighted by Crippen LogP contribution is 2.36. The van der Waals surface area contributed by atoms with Gasteiger partial charge in [0.25, 0.3) is 0 Å². The maximum absolute atomic E-state index is 6.02. The Morgan fingerprint density at radius 1 is 1.35 bits per heavy atom. The Morgan fingerprint density at radius 3 is 3.12 bits per heavy atom. The number of hydrogen-bond donors (Lipinski definition) is 0. The van der Waals surface area contributed by atoms with Crippen molar-refractivity contribution >= 4 is 17.3 Å². The largest absolute Gasteiger partial charge is 0.491 e. The van der Waals surface area contributed by atoms with Crippen LogP contribution in [0.25, 0.3) is 0 Å². The van der Waals surface area contributed by atoms with E-state index >= 15 is 0 Å². The molecule has 2 aliphatic heterocycles. The molecule has 1 fully saturated rings. The maximum Gasteiger partial charge on any atom is 0.144 e. The number of fused-ring (bicyclic) bond motifs is 3. The molecule has 0 saturated carbocycles. The summed E-state index contributed by atoms with van der Waals surface area (Å²) in [6.45, 7) is 4.07. The first kappa shape index (κ1) is 11.2. The number of likely N-dealkylation sites (N-methyl/N-ethyl adjacent to an activating group) is 1. The summed E-state index contributed by atoms with van der Waals surface area (Å²) in [5, 5.41) is 0.747. The lowest BCUT2D eigenvalue weighted by molar-refractivity contribution is 0.242. The number of nitrogens with zero attached hydrogens (tertiary/aromatic N) is 2. The van der Waals surface area contributed by atoms with Crippen LogP contribution in [-0.4, -0.2) is 44.2 Å². The van der Waals surface area contributed by atoms with Crippen molar-refractivity contribution in [3.63, 3.8) is 0 Å². The standard InChI is InChI=1S/C13H17ClN2O/c1-15-5-6-16-11(9-15)4-7-17-13-8-10(14)2-3-12(13)16/h2-3,8,11H,4-7,9H2,1H3/t11-/m0/s1. The number of hydrogen-bond acceptors (Lipinski definition) is 3. The number of rotatable bonds is 0. The van der Waals surface area contributed by atoms with E-state index in [1.807, 2.05) is 12.1 Å². The van der Waals surface area contributed by atoms with E-state index in [4.69, 9.17) is 16.3 Å². The first-order chi connectivity index (χ1) is 8.24. The summed E-state index contributed by atoms with van der Waals surface area (Å²) in [5.41, 5.74) is 1.20. The van der Waals surface area contributed by atoms with Crippen molar-refractivity contribution in [1.82, 2.24) is 4.90 Å². The van der Waals surface area contributed by atoms with E-state index < -0.39 is 0 Å². The van der Waals surface area contributed by atoms with Crippen LogP contribution in [0, 0.1) is 0 Å². The zero-order valence-corrected chi connectivity index (χ0v) is 10.8. The van der Waals surface area contributed by atoms with Crippen LogP contribution in [0.1, 0.15) is 6.42 Å². The topological polar surface area (TPSA) is 15.7 Å². The van der Waals surface area contributed by atoms with E-state index in [9.17, 15) is 0 Å². The second-order valence-electron chi connectivity index (χ2n) is 4.86. The van der Waals surface area contributed by atoms with Crippen molar-refractivity contribution in [2.24, 2.45) is 0 Å². The normalized spacial score (nSPS) is 24.6. The van der Waals surface area contributed by atoms with E-state index in [0.29, 0.717) is 6.04 Å². The third-order valence-electron chi connectivity index (χ3n) is 3.63.